The molecule has 0 bridgehead atoms. The minimum absolute atomic E-state index is 0.00496. The summed E-state index contributed by atoms with van der Waals surface area (Å²) in [5, 5.41) is 3.93. The fourth-order valence-electron chi connectivity index (χ4n) is 2.11. The molecular weight excluding hydrogens is 291 g/mol. The van der Waals surface area contributed by atoms with Crippen molar-refractivity contribution in [1.82, 2.24) is 4.98 Å². The molecule has 0 aliphatic rings. The highest BCUT2D eigenvalue weighted by Crippen LogP contribution is 2.25. The molecule has 110 valence electrons. The number of benzene rings is 1. The lowest BCUT2D eigenvalue weighted by Gasteiger charge is -2.19. The quantitative estimate of drug-likeness (QED) is 0.823. The number of nitrogens with one attached hydrogen (secondary N) is 1. The fourth-order valence-corrected chi connectivity index (χ4v) is 2.23. The van der Waals surface area contributed by atoms with Crippen LogP contribution in [0.3, 0.4) is 0 Å². The van der Waals surface area contributed by atoms with Gasteiger partial charge in [0.2, 0.25) is 0 Å². The van der Waals surface area contributed by atoms with Crippen molar-refractivity contribution in [3.05, 3.63) is 58.0 Å². The molecule has 21 heavy (non-hydrogen) atoms. The largest absolute Gasteiger partial charge is 0.363 e. The summed E-state index contributed by atoms with van der Waals surface area (Å²) in [7, 11) is 0. The van der Waals surface area contributed by atoms with Crippen molar-refractivity contribution in [2.75, 3.05) is 5.32 Å². The Hall–Kier alpha value is -1.94. The van der Waals surface area contributed by atoms with E-state index in [0.717, 1.165) is 28.8 Å². The first kappa shape index (κ1) is 15.4. The average molecular weight is 307 g/mol. The Bertz CT molecular complexity index is 661. The number of halogens is 2. The number of aldehydes is 1. The summed E-state index contributed by atoms with van der Waals surface area (Å²) in [6.45, 7) is 3.98. The number of aryl methyl sites for hydroxylation is 1. The standard InChI is InChI=1S/C16H16ClFN2O/c1-3-15(11-4-5-13(17)10(2)6-11)20-16-7-12(9-21)14(18)8-19-16/h4-9,15H,3H2,1-2H3,(H,19,20). The van der Waals surface area contributed by atoms with E-state index in [-0.39, 0.29) is 11.6 Å². The van der Waals surface area contributed by atoms with E-state index in [2.05, 4.69) is 10.3 Å². The van der Waals surface area contributed by atoms with Crippen LogP contribution in [0.2, 0.25) is 5.02 Å². The van der Waals surface area contributed by atoms with Crippen molar-refractivity contribution in [3.8, 4) is 0 Å². The first-order valence-corrected chi connectivity index (χ1v) is 7.06. The van der Waals surface area contributed by atoms with Gasteiger partial charge in [0, 0.05) is 5.02 Å². The summed E-state index contributed by atoms with van der Waals surface area (Å²) in [5.74, 6) is -0.149. The highest BCUT2D eigenvalue weighted by Gasteiger charge is 2.12. The Morgan fingerprint density at radius 3 is 2.81 bits per heavy atom. The molecule has 1 atom stereocenters. The maximum absolute atomic E-state index is 13.3. The van der Waals surface area contributed by atoms with Crippen LogP contribution in [0.5, 0.6) is 0 Å². The zero-order valence-corrected chi connectivity index (χ0v) is 12.6. The minimum atomic E-state index is -0.620. The van der Waals surface area contributed by atoms with E-state index in [1.807, 2.05) is 32.0 Å². The van der Waals surface area contributed by atoms with Crippen LogP contribution in [0.4, 0.5) is 10.2 Å². The second-order valence-corrected chi connectivity index (χ2v) is 5.23. The fraction of sp³-hybridized carbons (Fsp3) is 0.250. The minimum Gasteiger partial charge on any atom is -0.363 e. The van der Waals surface area contributed by atoms with Gasteiger partial charge in [-0.2, -0.15) is 0 Å². The molecule has 2 rings (SSSR count). The molecule has 0 aliphatic heterocycles. The summed E-state index contributed by atoms with van der Waals surface area (Å²) < 4.78 is 13.3. The van der Waals surface area contributed by atoms with E-state index in [1.165, 1.54) is 6.07 Å². The number of pyridine rings is 1. The first-order valence-electron chi connectivity index (χ1n) is 6.68. The van der Waals surface area contributed by atoms with Crippen LogP contribution in [-0.2, 0) is 0 Å². The molecule has 0 spiro atoms. The van der Waals surface area contributed by atoms with E-state index in [1.54, 1.807) is 0 Å². The zero-order chi connectivity index (χ0) is 15.4. The molecule has 0 radical (unpaired) electrons. The lowest BCUT2D eigenvalue weighted by atomic mass is 10.0. The number of carbonyl (C=O) groups excluding carboxylic acids is 1. The predicted octanol–water partition coefficient (Wildman–Crippen LogP) is 4.56. The van der Waals surface area contributed by atoms with Crippen LogP contribution in [-0.4, -0.2) is 11.3 Å². The van der Waals surface area contributed by atoms with Crippen LogP contribution < -0.4 is 5.32 Å². The zero-order valence-electron chi connectivity index (χ0n) is 11.9. The number of hydrogen-bond acceptors (Lipinski definition) is 3. The second kappa shape index (κ2) is 6.68. The molecular formula is C16H16ClFN2O. The number of anilines is 1. The van der Waals surface area contributed by atoms with Crippen molar-refractivity contribution in [2.45, 2.75) is 26.3 Å². The van der Waals surface area contributed by atoms with Gasteiger partial charge in [-0.3, -0.25) is 4.79 Å². The third-order valence-electron chi connectivity index (χ3n) is 3.33. The first-order chi connectivity index (χ1) is 10.0. The van der Waals surface area contributed by atoms with Gasteiger partial charge in [0.25, 0.3) is 0 Å². The van der Waals surface area contributed by atoms with E-state index in [4.69, 9.17) is 11.6 Å². The van der Waals surface area contributed by atoms with Crippen molar-refractivity contribution >= 4 is 23.7 Å². The molecule has 1 aromatic heterocycles. The van der Waals surface area contributed by atoms with Gasteiger partial charge in [-0.15, -0.1) is 0 Å². The Balaban J connectivity index is 2.26. The Morgan fingerprint density at radius 2 is 2.19 bits per heavy atom. The van der Waals surface area contributed by atoms with E-state index < -0.39 is 5.82 Å². The number of aromatic nitrogens is 1. The molecule has 3 nitrogen and oxygen atoms in total. The summed E-state index contributed by atoms with van der Waals surface area (Å²) in [6.07, 6.45) is 2.35. The maximum Gasteiger partial charge on any atom is 0.153 e. The number of rotatable bonds is 5. The van der Waals surface area contributed by atoms with Crippen LogP contribution in [0, 0.1) is 12.7 Å². The van der Waals surface area contributed by atoms with Gasteiger partial charge in [-0.1, -0.05) is 30.7 Å². The van der Waals surface area contributed by atoms with Crippen molar-refractivity contribution in [3.63, 3.8) is 0 Å². The Morgan fingerprint density at radius 1 is 1.43 bits per heavy atom. The normalized spacial score (nSPS) is 12.0. The van der Waals surface area contributed by atoms with Crippen LogP contribution in [0.25, 0.3) is 0 Å². The van der Waals surface area contributed by atoms with Gasteiger partial charge >= 0.3 is 0 Å². The van der Waals surface area contributed by atoms with Gasteiger partial charge in [-0.25, -0.2) is 9.37 Å². The number of nitrogens with zero attached hydrogens (tertiary/aromatic N) is 1. The smallest absolute Gasteiger partial charge is 0.153 e. The SMILES string of the molecule is CCC(Nc1cc(C=O)c(F)cn1)c1ccc(Cl)c(C)c1. The summed E-state index contributed by atoms with van der Waals surface area (Å²) in [4.78, 5) is 14.7. The maximum atomic E-state index is 13.3. The molecule has 0 saturated heterocycles. The second-order valence-electron chi connectivity index (χ2n) is 4.82. The number of carbonyl (C=O) groups is 1. The molecule has 0 aliphatic carbocycles. The molecule has 0 fully saturated rings. The van der Waals surface area contributed by atoms with E-state index in [0.29, 0.717) is 12.1 Å². The molecule has 1 heterocycles. The van der Waals surface area contributed by atoms with Gasteiger partial charge in [-0.05, 0) is 36.6 Å². The summed E-state index contributed by atoms with van der Waals surface area (Å²) in [5.41, 5.74) is 2.06. The lowest BCUT2D eigenvalue weighted by Crippen LogP contribution is -2.11. The molecule has 1 aromatic carbocycles. The average Bonchev–Trinajstić information content (AvgIpc) is 2.49. The predicted molar refractivity (Wildman–Crippen MR) is 82.4 cm³/mol. The third-order valence-corrected chi connectivity index (χ3v) is 3.75. The Labute approximate surface area is 128 Å². The van der Waals surface area contributed by atoms with E-state index >= 15 is 0 Å². The van der Waals surface area contributed by atoms with Gasteiger partial charge < -0.3 is 5.32 Å². The van der Waals surface area contributed by atoms with Gasteiger partial charge in [0.15, 0.2) is 12.1 Å². The summed E-state index contributed by atoms with van der Waals surface area (Å²) in [6, 6.07) is 7.23. The van der Waals surface area contributed by atoms with Crippen LogP contribution in [0.15, 0.2) is 30.5 Å². The molecule has 0 saturated carbocycles. The molecule has 1 N–H and O–H groups in total. The molecule has 5 heteroatoms. The topological polar surface area (TPSA) is 42.0 Å². The van der Waals surface area contributed by atoms with E-state index in [9.17, 15) is 9.18 Å². The van der Waals surface area contributed by atoms with Crippen LogP contribution in [0.1, 0.15) is 40.9 Å². The van der Waals surface area contributed by atoms with Crippen LogP contribution >= 0.6 is 11.6 Å². The third kappa shape index (κ3) is 3.58. The number of hydrogen-bond donors (Lipinski definition) is 1. The van der Waals surface area contributed by atoms with Crippen molar-refractivity contribution in [2.24, 2.45) is 0 Å². The van der Waals surface area contributed by atoms with Crippen molar-refractivity contribution in [1.29, 1.82) is 0 Å². The highest BCUT2D eigenvalue weighted by atomic mass is 35.5. The van der Waals surface area contributed by atoms with Crippen molar-refractivity contribution < 1.29 is 9.18 Å². The Kier molecular flexibility index (Phi) is 4.91. The van der Waals surface area contributed by atoms with Gasteiger partial charge in [0.1, 0.15) is 5.82 Å². The highest BCUT2D eigenvalue weighted by molar-refractivity contribution is 6.31. The lowest BCUT2D eigenvalue weighted by molar-refractivity contribution is 0.111. The molecule has 1 unspecified atom stereocenters. The molecule has 2 aromatic rings. The van der Waals surface area contributed by atoms with Gasteiger partial charge in [0.05, 0.1) is 17.8 Å². The molecule has 0 amide bonds. The summed E-state index contributed by atoms with van der Waals surface area (Å²) >= 11 is 6.03. The monoisotopic (exact) mass is 306 g/mol.